The number of carbonyl (C=O) groups is 1. The lowest BCUT2D eigenvalue weighted by Gasteiger charge is -2.40. The Kier molecular flexibility index (Phi) is 6.70. The standard InChI is InChI=1S/C23H36N4O2/c1-6-16-9-7-8-10-17(16)15-25-21(24-5)26-18-13-19-11-12-20(14-18)27(19)22(28)29-23(2,3)4/h7-10,18-20H,6,11-15H2,1-5H3,(H2,24,25,26). The molecule has 1 aromatic carbocycles. The van der Waals surface area contributed by atoms with E-state index in [-0.39, 0.29) is 18.2 Å². The van der Waals surface area contributed by atoms with Gasteiger partial charge >= 0.3 is 6.09 Å². The molecule has 29 heavy (non-hydrogen) atoms. The Morgan fingerprint density at radius 3 is 2.34 bits per heavy atom. The van der Waals surface area contributed by atoms with Gasteiger partial charge in [-0.3, -0.25) is 4.99 Å². The van der Waals surface area contributed by atoms with E-state index in [9.17, 15) is 4.79 Å². The predicted molar refractivity (Wildman–Crippen MR) is 117 cm³/mol. The van der Waals surface area contributed by atoms with Gasteiger partial charge in [0.15, 0.2) is 5.96 Å². The Hall–Kier alpha value is -2.24. The van der Waals surface area contributed by atoms with Crippen LogP contribution in [-0.4, -0.2) is 47.7 Å². The Morgan fingerprint density at radius 1 is 1.17 bits per heavy atom. The number of guanidine groups is 1. The average Bonchev–Trinajstić information content (AvgIpc) is 2.95. The maximum absolute atomic E-state index is 12.6. The lowest BCUT2D eigenvalue weighted by Crippen LogP contribution is -2.54. The molecular formula is C23H36N4O2. The number of hydrogen-bond acceptors (Lipinski definition) is 3. The molecule has 0 spiro atoms. The highest BCUT2D eigenvalue weighted by molar-refractivity contribution is 5.80. The monoisotopic (exact) mass is 400 g/mol. The molecule has 2 N–H and O–H groups in total. The van der Waals surface area contributed by atoms with E-state index in [4.69, 9.17) is 4.74 Å². The van der Waals surface area contributed by atoms with Gasteiger partial charge in [-0.25, -0.2) is 4.79 Å². The number of piperidine rings is 1. The summed E-state index contributed by atoms with van der Waals surface area (Å²) in [5, 5.41) is 7.04. The molecule has 1 aromatic rings. The fraction of sp³-hybridized carbons (Fsp3) is 0.652. The van der Waals surface area contributed by atoms with Gasteiger partial charge in [0.1, 0.15) is 5.60 Å². The number of nitrogens with zero attached hydrogens (tertiary/aromatic N) is 2. The third-order valence-corrected chi connectivity index (χ3v) is 5.85. The fourth-order valence-corrected chi connectivity index (χ4v) is 4.55. The zero-order valence-corrected chi connectivity index (χ0v) is 18.5. The molecule has 0 radical (unpaired) electrons. The molecule has 2 unspecified atom stereocenters. The van der Waals surface area contributed by atoms with Crippen molar-refractivity contribution >= 4 is 12.1 Å². The Balaban J connectivity index is 1.55. The number of nitrogens with one attached hydrogen (secondary N) is 2. The first-order valence-electron chi connectivity index (χ1n) is 10.9. The Morgan fingerprint density at radius 2 is 1.79 bits per heavy atom. The highest BCUT2D eigenvalue weighted by Crippen LogP contribution is 2.36. The molecule has 3 rings (SSSR count). The minimum atomic E-state index is -0.452. The van der Waals surface area contributed by atoms with Gasteiger partial charge in [0.05, 0.1) is 0 Å². The second-order valence-electron chi connectivity index (χ2n) is 9.13. The second-order valence-corrected chi connectivity index (χ2v) is 9.13. The maximum atomic E-state index is 12.6. The summed E-state index contributed by atoms with van der Waals surface area (Å²) in [6.45, 7) is 8.71. The van der Waals surface area contributed by atoms with Gasteiger partial charge < -0.3 is 20.3 Å². The number of fused-ring (bicyclic) bond motifs is 2. The summed E-state index contributed by atoms with van der Waals surface area (Å²) in [5.74, 6) is 0.825. The first-order chi connectivity index (χ1) is 13.8. The molecule has 1 amide bonds. The van der Waals surface area contributed by atoms with Crippen LogP contribution in [0.5, 0.6) is 0 Å². The molecule has 2 aliphatic rings. The number of hydrogen-bond donors (Lipinski definition) is 2. The Labute approximate surface area is 175 Å². The summed E-state index contributed by atoms with van der Waals surface area (Å²) in [6.07, 6.45) is 4.83. The third kappa shape index (κ3) is 5.43. The SMILES string of the molecule is CCc1ccccc1CNC(=NC)NC1CC2CCC(C1)N2C(=O)OC(C)(C)C. The van der Waals surface area contributed by atoms with Crippen molar-refractivity contribution in [3.8, 4) is 0 Å². The van der Waals surface area contributed by atoms with Crippen molar-refractivity contribution in [2.24, 2.45) is 4.99 Å². The van der Waals surface area contributed by atoms with Gasteiger partial charge in [0.2, 0.25) is 0 Å². The number of amides is 1. The molecule has 6 nitrogen and oxygen atoms in total. The largest absolute Gasteiger partial charge is 0.444 e. The molecule has 0 aliphatic carbocycles. The fourth-order valence-electron chi connectivity index (χ4n) is 4.55. The van der Waals surface area contributed by atoms with Crippen LogP contribution in [0.15, 0.2) is 29.3 Å². The van der Waals surface area contributed by atoms with Crippen LogP contribution in [-0.2, 0) is 17.7 Å². The van der Waals surface area contributed by atoms with Crippen LogP contribution in [0.2, 0.25) is 0 Å². The van der Waals surface area contributed by atoms with Gasteiger partial charge in [-0.2, -0.15) is 0 Å². The number of carbonyl (C=O) groups excluding carboxylic acids is 1. The Bertz CT molecular complexity index is 727. The lowest BCUT2D eigenvalue weighted by molar-refractivity contribution is 0.00545. The highest BCUT2D eigenvalue weighted by atomic mass is 16.6. The zero-order chi connectivity index (χ0) is 21.0. The minimum Gasteiger partial charge on any atom is -0.444 e. The van der Waals surface area contributed by atoms with E-state index in [0.717, 1.165) is 44.6 Å². The van der Waals surface area contributed by atoms with Crippen molar-refractivity contribution < 1.29 is 9.53 Å². The van der Waals surface area contributed by atoms with Crippen LogP contribution >= 0.6 is 0 Å². The molecule has 2 aliphatic heterocycles. The topological polar surface area (TPSA) is 66.0 Å². The van der Waals surface area contributed by atoms with E-state index in [0.29, 0.717) is 6.04 Å². The van der Waals surface area contributed by atoms with E-state index in [1.54, 1.807) is 0 Å². The van der Waals surface area contributed by atoms with Crippen molar-refractivity contribution in [2.45, 2.75) is 90.1 Å². The van der Waals surface area contributed by atoms with Crippen LogP contribution in [0, 0.1) is 0 Å². The van der Waals surface area contributed by atoms with Crippen molar-refractivity contribution in [2.75, 3.05) is 7.05 Å². The van der Waals surface area contributed by atoms with Crippen LogP contribution in [0.3, 0.4) is 0 Å². The molecule has 2 saturated heterocycles. The summed E-state index contributed by atoms with van der Waals surface area (Å²) < 4.78 is 5.64. The summed E-state index contributed by atoms with van der Waals surface area (Å²) >= 11 is 0. The van der Waals surface area contributed by atoms with E-state index < -0.39 is 5.60 Å². The van der Waals surface area contributed by atoms with Crippen LogP contribution in [0.4, 0.5) is 4.79 Å². The van der Waals surface area contributed by atoms with Crippen molar-refractivity contribution in [3.05, 3.63) is 35.4 Å². The molecule has 2 bridgehead atoms. The van der Waals surface area contributed by atoms with E-state index in [1.165, 1.54) is 11.1 Å². The molecule has 0 saturated carbocycles. The molecule has 2 fully saturated rings. The summed E-state index contributed by atoms with van der Waals surface area (Å²) in [7, 11) is 1.81. The number of ether oxygens (including phenoxy) is 1. The number of aryl methyl sites for hydroxylation is 1. The molecule has 2 atom stereocenters. The molecule has 2 heterocycles. The molecular weight excluding hydrogens is 364 g/mol. The molecule has 6 heteroatoms. The van der Waals surface area contributed by atoms with Gasteiger partial charge in [0.25, 0.3) is 0 Å². The smallest absolute Gasteiger partial charge is 0.410 e. The first-order valence-corrected chi connectivity index (χ1v) is 10.9. The number of benzene rings is 1. The van der Waals surface area contributed by atoms with Crippen LogP contribution in [0.1, 0.15) is 64.5 Å². The highest BCUT2D eigenvalue weighted by Gasteiger charge is 2.45. The first kappa shape index (κ1) is 21.5. The van der Waals surface area contributed by atoms with Gasteiger partial charge in [0, 0.05) is 31.7 Å². The lowest BCUT2D eigenvalue weighted by atomic mass is 9.98. The van der Waals surface area contributed by atoms with E-state index >= 15 is 0 Å². The number of rotatable bonds is 4. The van der Waals surface area contributed by atoms with Gasteiger partial charge in [-0.15, -0.1) is 0 Å². The zero-order valence-electron chi connectivity index (χ0n) is 18.5. The third-order valence-electron chi connectivity index (χ3n) is 5.85. The van der Waals surface area contributed by atoms with Gasteiger partial charge in [-0.05, 0) is 64.0 Å². The summed E-state index contributed by atoms with van der Waals surface area (Å²) in [6, 6.07) is 9.33. The van der Waals surface area contributed by atoms with E-state index in [1.807, 2.05) is 32.7 Å². The molecule has 160 valence electrons. The predicted octanol–water partition coefficient (Wildman–Crippen LogP) is 3.84. The number of aliphatic imine (C=N–C) groups is 1. The van der Waals surface area contributed by atoms with Crippen LogP contribution in [0.25, 0.3) is 0 Å². The van der Waals surface area contributed by atoms with Crippen molar-refractivity contribution in [1.29, 1.82) is 0 Å². The second kappa shape index (κ2) is 9.06. The van der Waals surface area contributed by atoms with Crippen molar-refractivity contribution in [3.63, 3.8) is 0 Å². The maximum Gasteiger partial charge on any atom is 0.410 e. The van der Waals surface area contributed by atoms with Crippen molar-refractivity contribution in [1.82, 2.24) is 15.5 Å². The average molecular weight is 401 g/mol. The summed E-state index contributed by atoms with van der Waals surface area (Å²) in [5.41, 5.74) is 2.21. The quantitative estimate of drug-likeness (QED) is 0.595. The molecule has 0 aromatic heterocycles. The normalized spacial score (nSPS) is 24.4. The minimum absolute atomic E-state index is 0.165. The summed E-state index contributed by atoms with van der Waals surface area (Å²) in [4.78, 5) is 19.0. The van der Waals surface area contributed by atoms with Crippen LogP contribution < -0.4 is 10.6 Å². The van der Waals surface area contributed by atoms with E-state index in [2.05, 4.69) is 46.8 Å². The van der Waals surface area contributed by atoms with Gasteiger partial charge in [-0.1, -0.05) is 31.2 Å².